The summed E-state index contributed by atoms with van der Waals surface area (Å²) in [7, 11) is 0. The zero-order valence-corrected chi connectivity index (χ0v) is 10.1. The van der Waals surface area contributed by atoms with Crippen molar-refractivity contribution in [1.82, 2.24) is 0 Å². The highest BCUT2D eigenvalue weighted by Crippen LogP contribution is 2.36. The van der Waals surface area contributed by atoms with Crippen LogP contribution in [0.5, 0.6) is 0 Å². The minimum Gasteiger partial charge on any atom is -0.378 e. The summed E-state index contributed by atoms with van der Waals surface area (Å²) in [6.07, 6.45) is 3.88. The van der Waals surface area contributed by atoms with E-state index in [2.05, 4.69) is 34.3 Å². The van der Waals surface area contributed by atoms with Crippen LogP contribution in [0.15, 0.2) is 12.2 Å². The largest absolute Gasteiger partial charge is 0.378 e. The van der Waals surface area contributed by atoms with Crippen LogP contribution in [0, 0.1) is 11.3 Å². The van der Waals surface area contributed by atoms with Crippen LogP contribution >= 0.6 is 0 Å². The van der Waals surface area contributed by atoms with Gasteiger partial charge in [-0.05, 0) is 37.5 Å². The van der Waals surface area contributed by atoms with Gasteiger partial charge in [-0.2, -0.15) is 0 Å². The van der Waals surface area contributed by atoms with Gasteiger partial charge in [-0.3, -0.25) is 0 Å². The maximum atomic E-state index is 5.75. The zero-order valence-electron chi connectivity index (χ0n) is 10.1. The van der Waals surface area contributed by atoms with Crippen molar-refractivity contribution in [2.24, 2.45) is 11.3 Å². The fourth-order valence-electron chi connectivity index (χ4n) is 2.20. The Labute approximate surface area is 88.5 Å². The second-order valence-electron chi connectivity index (χ2n) is 5.74. The highest BCUT2D eigenvalue weighted by atomic mass is 16.5. The molecule has 0 amide bonds. The second kappa shape index (κ2) is 4.48. The Morgan fingerprint density at radius 1 is 1.43 bits per heavy atom. The molecule has 0 bridgehead atoms. The van der Waals surface area contributed by atoms with Crippen LogP contribution < -0.4 is 0 Å². The highest BCUT2D eigenvalue weighted by Gasteiger charge is 2.30. The van der Waals surface area contributed by atoms with Crippen molar-refractivity contribution in [2.75, 3.05) is 6.61 Å². The number of ether oxygens (including phenoxy) is 1. The standard InChI is InChI=1S/C13H24O/c1-10(2)8-12-9-11(6-7-14-12)13(3,4)5/h11-12H,1,6-9H2,2-5H3/t11-,12+/m1/s1. The fourth-order valence-corrected chi connectivity index (χ4v) is 2.20. The van der Waals surface area contributed by atoms with Gasteiger partial charge in [0.05, 0.1) is 6.10 Å². The lowest BCUT2D eigenvalue weighted by molar-refractivity contribution is -0.0338. The van der Waals surface area contributed by atoms with Crippen LogP contribution in [0.2, 0.25) is 0 Å². The minimum atomic E-state index is 0.422. The van der Waals surface area contributed by atoms with Gasteiger partial charge < -0.3 is 4.74 Å². The van der Waals surface area contributed by atoms with Gasteiger partial charge >= 0.3 is 0 Å². The Balaban J connectivity index is 2.48. The number of rotatable bonds is 2. The lowest BCUT2D eigenvalue weighted by atomic mass is 9.74. The second-order valence-corrected chi connectivity index (χ2v) is 5.74. The quantitative estimate of drug-likeness (QED) is 0.610. The normalized spacial score (nSPS) is 28.9. The van der Waals surface area contributed by atoms with E-state index in [0.717, 1.165) is 18.9 Å². The van der Waals surface area contributed by atoms with E-state index < -0.39 is 0 Å². The highest BCUT2D eigenvalue weighted by molar-refractivity contribution is 4.93. The predicted molar refractivity (Wildman–Crippen MR) is 61.4 cm³/mol. The van der Waals surface area contributed by atoms with Crippen molar-refractivity contribution in [1.29, 1.82) is 0 Å². The van der Waals surface area contributed by atoms with Gasteiger partial charge in [-0.1, -0.05) is 26.3 Å². The molecule has 0 radical (unpaired) electrons. The molecule has 0 aromatic heterocycles. The molecule has 0 aliphatic carbocycles. The fraction of sp³-hybridized carbons (Fsp3) is 0.846. The average molecular weight is 196 g/mol. The van der Waals surface area contributed by atoms with E-state index >= 15 is 0 Å². The van der Waals surface area contributed by atoms with Crippen molar-refractivity contribution in [3.05, 3.63) is 12.2 Å². The molecule has 0 spiro atoms. The van der Waals surface area contributed by atoms with Crippen molar-refractivity contribution in [3.8, 4) is 0 Å². The van der Waals surface area contributed by atoms with Gasteiger partial charge in [-0.15, -0.1) is 6.58 Å². The molecule has 1 aliphatic rings. The maximum Gasteiger partial charge on any atom is 0.0614 e. The van der Waals surface area contributed by atoms with Gasteiger partial charge in [0.15, 0.2) is 0 Å². The van der Waals surface area contributed by atoms with Gasteiger partial charge in [0.1, 0.15) is 0 Å². The molecule has 0 aromatic carbocycles. The minimum absolute atomic E-state index is 0.422. The molecule has 1 aliphatic heterocycles. The third-order valence-electron chi connectivity index (χ3n) is 3.17. The summed E-state index contributed by atoms with van der Waals surface area (Å²) < 4.78 is 5.75. The molecule has 0 aromatic rings. The molecule has 0 N–H and O–H groups in total. The maximum absolute atomic E-state index is 5.75. The van der Waals surface area contributed by atoms with E-state index in [1.165, 1.54) is 18.4 Å². The first-order chi connectivity index (χ1) is 6.39. The van der Waals surface area contributed by atoms with Gasteiger partial charge in [0.2, 0.25) is 0 Å². The summed E-state index contributed by atoms with van der Waals surface area (Å²) >= 11 is 0. The monoisotopic (exact) mass is 196 g/mol. The van der Waals surface area contributed by atoms with Crippen LogP contribution in [-0.2, 0) is 4.74 Å². The summed E-state index contributed by atoms with van der Waals surface area (Å²) in [6, 6.07) is 0. The van der Waals surface area contributed by atoms with Crippen molar-refractivity contribution in [3.63, 3.8) is 0 Å². The zero-order chi connectivity index (χ0) is 10.8. The topological polar surface area (TPSA) is 9.23 Å². The molecule has 82 valence electrons. The molecule has 14 heavy (non-hydrogen) atoms. The van der Waals surface area contributed by atoms with Crippen LogP contribution in [0.1, 0.15) is 47.0 Å². The molecule has 1 heterocycles. The molecule has 1 rings (SSSR count). The molecule has 1 fully saturated rings. The molecule has 1 heteroatoms. The van der Waals surface area contributed by atoms with Crippen LogP contribution in [0.3, 0.4) is 0 Å². The smallest absolute Gasteiger partial charge is 0.0614 e. The van der Waals surface area contributed by atoms with E-state index in [0.29, 0.717) is 11.5 Å². The predicted octanol–water partition coefficient (Wildman–Crippen LogP) is 3.79. The molecular weight excluding hydrogens is 172 g/mol. The first-order valence-corrected chi connectivity index (χ1v) is 5.65. The van der Waals surface area contributed by atoms with Crippen LogP contribution in [0.25, 0.3) is 0 Å². The lowest BCUT2D eigenvalue weighted by Gasteiger charge is -2.37. The van der Waals surface area contributed by atoms with E-state index in [9.17, 15) is 0 Å². The van der Waals surface area contributed by atoms with E-state index in [-0.39, 0.29) is 0 Å². The molecular formula is C13H24O. The van der Waals surface area contributed by atoms with Crippen LogP contribution in [0.4, 0.5) is 0 Å². The third-order valence-corrected chi connectivity index (χ3v) is 3.17. The first-order valence-electron chi connectivity index (χ1n) is 5.65. The molecule has 1 nitrogen and oxygen atoms in total. The molecule has 2 atom stereocenters. The third kappa shape index (κ3) is 3.45. The van der Waals surface area contributed by atoms with Gasteiger partial charge in [-0.25, -0.2) is 0 Å². The number of hydrogen-bond acceptors (Lipinski definition) is 1. The van der Waals surface area contributed by atoms with Gasteiger partial charge in [0, 0.05) is 6.61 Å². The Morgan fingerprint density at radius 3 is 2.57 bits per heavy atom. The summed E-state index contributed by atoms with van der Waals surface area (Å²) in [6.45, 7) is 14.0. The number of hydrogen-bond donors (Lipinski definition) is 0. The Kier molecular flexibility index (Phi) is 3.77. The summed E-state index contributed by atoms with van der Waals surface area (Å²) in [4.78, 5) is 0. The summed E-state index contributed by atoms with van der Waals surface area (Å²) in [5.41, 5.74) is 1.67. The lowest BCUT2D eigenvalue weighted by Crippen LogP contribution is -2.33. The summed E-state index contributed by atoms with van der Waals surface area (Å²) in [5, 5.41) is 0. The van der Waals surface area contributed by atoms with E-state index in [1.54, 1.807) is 0 Å². The first kappa shape index (κ1) is 11.8. The Hall–Kier alpha value is -0.300. The van der Waals surface area contributed by atoms with Crippen LogP contribution in [-0.4, -0.2) is 12.7 Å². The van der Waals surface area contributed by atoms with Crippen molar-refractivity contribution >= 4 is 0 Å². The van der Waals surface area contributed by atoms with E-state index in [1.807, 2.05) is 0 Å². The Morgan fingerprint density at radius 2 is 2.07 bits per heavy atom. The molecule has 0 unspecified atom stereocenters. The summed E-state index contributed by atoms with van der Waals surface area (Å²) in [5.74, 6) is 0.806. The van der Waals surface area contributed by atoms with Gasteiger partial charge in [0.25, 0.3) is 0 Å². The van der Waals surface area contributed by atoms with Crippen molar-refractivity contribution < 1.29 is 4.74 Å². The SMILES string of the molecule is C=C(C)C[C@H]1C[C@H](C(C)(C)C)CCO1. The molecule has 1 saturated heterocycles. The van der Waals surface area contributed by atoms with Crippen molar-refractivity contribution in [2.45, 2.75) is 53.1 Å². The average Bonchev–Trinajstić information content (AvgIpc) is 2.01. The molecule has 0 saturated carbocycles. The Bertz CT molecular complexity index is 200. The van der Waals surface area contributed by atoms with E-state index in [4.69, 9.17) is 4.74 Å².